The number of carbonyl (C=O) groups excluding carboxylic acids is 2. The van der Waals surface area contributed by atoms with Crippen LogP contribution in [0.4, 0.5) is 0 Å². The number of esters is 2. The van der Waals surface area contributed by atoms with Crippen LogP contribution in [0.3, 0.4) is 0 Å². The quantitative estimate of drug-likeness (QED) is 0.174. The van der Waals surface area contributed by atoms with Gasteiger partial charge in [0, 0.05) is 11.6 Å². The van der Waals surface area contributed by atoms with E-state index in [1.165, 1.54) is 12.1 Å². The Balaban J connectivity index is 1.94. The average molecular weight is 633 g/mol. The van der Waals surface area contributed by atoms with Crippen molar-refractivity contribution in [3.63, 3.8) is 0 Å². The maximum Gasteiger partial charge on any atom is 0.341 e. The molecule has 0 aliphatic carbocycles. The lowest BCUT2D eigenvalue weighted by molar-refractivity contribution is -0.168. The molecule has 228 valence electrons. The molecule has 0 saturated carbocycles. The summed E-state index contributed by atoms with van der Waals surface area (Å²) >= 11 is 6.48. The summed E-state index contributed by atoms with van der Waals surface area (Å²) in [5.41, 5.74) is 1.09. The fraction of sp³-hybridized carbons (Fsp3) is 0.235. The Labute approximate surface area is 262 Å². The third-order valence-electron chi connectivity index (χ3n) is 7.93. The Kier molecular flexibility index (Phi) is 8.95. The molecule has 1 fully saturated rings. The second-order valence-corrected chi connectivity index (χ2v) is 13.0. The molecule has 0 amide bonds. The minimum atomic E-state index is -4.60. The zero-order valence-electron chi connectivity index (χ0n) is 24.8. The second kappa shape index (κ2) is 12.5. The number of hydrogen-bond acceptors (Lipinski definition) is 7. The zero-order chi connectivity index (χ0) is 31.6. The summed E-state index contributed by atoms with van der Waals surface area (Å²) in [7, 11) is -2.35. The van der Waals surface area contributed by atoms with Gasteiger partial charge in [-0.2, -0.15) is 0 Å². The predicted molar refractivity (Wildman–Crippen MR) is 167 cm³/mol. The molecule has 10 heteroatoms. The Morgan fingerprint density at radius 2 is 1.34 bits per heavy atom. The smallest absolute Gasteiger partial charge is 0.341 e. The van der Waals surface area contributed by atoms with Crippen LogP contribution in [0.2, 0.25) is 5.02 Å². The van der Waals surface area contributed by atoms with Gasteiger partial charge in [-0.05, 0) is 54.8 Å². The van der Waals surface area contributed by atoms with E-state index >= 15 is 0 Å². The summed E-state index contributed by atoms with van der Waals surface area (Å²) in [5, 5.41) is 0.345. The first-order valence-corrected chi connectivity index (χ1v) is 15.8. The maximum absolute atomic E-state index is 15.0. The molecule has 5 rings (SSSR count). The highest BCUT2D eigenvalue weighted by Gasteiger charge is 2.72. The van der Waals surface area contributed by atoms with Gasteiger partial charge in [-0.3, -0.25) is 4.90 Å². The Morgan fingerprint density at radius 3 is 1.89 bits per heavy atom. The van der Waals surface area contributed by atoms with Gasteiger partial charge >= 0.3 is 11.9 Å². The van der Waals surface area contributed by atoms with Crippen molar-refractivity contribution in [1.82, 2.24) is 9.21 Å². The molecule has 1 heterocycles. The van der Waals surface area contributed by atoms with Gasteiger partial charge in [0.05, 0.1) is 25.2 Å². The van der Waals surface area contributed by atoms with Crippen molar-refractivity contribution >= 4 is 33.6 Å². The molecule has 2 atom stereocenters. The minimum absolute atomic E-state index is 0.0937. The number of sulfonamides is 1. The number of aryl methyl sites for hydroxylation is 2. The molecule has 0 radical (unpaired) electrons. The Hall–Kier alpha value is -4.02. The molecular weight excluding hydrogens is 600 g/mol. The van der Waals surface area contributed by atoms with Crippen LogP contribution in [0.25, 0.3) is 0 Å². The van der Waals surface area contributed by atoms with E-state index in [0.717, 1.165) is 35.2 Å². The molecule has 0 bridgehead atoms. The summed E-state index contributed by atoms with van der Waals surface area (Å²) in [5.74, 6) is -2.17. The summed E-state index contributed by atoms with van der Waals surface area (Å²) in [4.78, 5) is 30.3. The second-order valence-electron chi connectivity index (χ2n) is 10.8. The Morgan fingerprint density at radius 1 is 0.773 bits per heavy atom. The fourth-order valence-corrected chi connectivity index (χ4v) is 7.96. The van der Waals surface area contributed by atoms with E-state index in [2.05, 4.69) is 0 Å². The predicted octanol–water partition coefficient (Wildman–Crippen LogP) is 5.99. The van der Waals surface area contributed by atoms with Crippen molar-refractivity contribution in [2.75, 3.05) is 14.2 Å². The highest BCUT2D eigenvalue weighted by molar-refractivity contribution is 7.89. The number of benzene rings is 4. The van der Waals surface area contributed by atoms with Gasteiger partial charge in [-0.15, -0.1) is 4.31 Å². The topological polar surface area (TPSA) is 93.2 Å². The first-order chi connectivity index (χ1) is 21.0. The molecule has 0 aromatic heterocycles. The van der Waals surface area contributed by atoms with Gasteiger partial charge in [0.1, 0.15) is 6.17 Å². The van der Waals surface area contributed by atoms with E-state index in [0.29, 0.717) is 16.1 Å². The molecule has 4 aromatic carbocycles. The van der Waals surface area contributed by atoms with E-state index in [9.17, 15) is 18.0 Å². The fourth-order valence-electron chi connectivity index (χ4n) is 5.92. The van der Waals surface area contributed by atoms with Gasteiger partial charge in [0.15, 0.2) is 0 Å². The van der Waals surface area contributed by atoms with Crippen LogP contribution >= 0.6 is 11.6 Å². The molecule has 0 unspecified atom stereocenters. The summed E-state index contributed by atoms with van der Waals surface area (Å²) < 4.78 is 41.5. The third kappa shape index (κ3) is 5.41. The third-order valence-corrected chi connectivity index (χ3v) is 10.0. The number of nitrogens with zero attached hydrogens (tertiary/aromatic N) is 2. The van der Waals surface area contributed by atoms with Crippen LogP contribution < -0.4 is 0 Å². The van der Waals surface area contributed by atoms with Crippen LogP contribution in [0.5, 0.6) is 0 Å². The largest absolute Gasteiger partial charge is 0.467 e. The van der Waals surface area contributed by atoms with E-state index in [4.69, 9.17) is 21.1 Å². The van der Waals surface area contributed by atoms with Crippen molar-refractivity contribution in [2.45, 2.75) is 43.0 Å². The van der Waals surface area contributed by atoms with Crippen LogP contribution in [0.15, 0.2) is 108 Å². The van der Waals surface area contributed by atoms with Crippen LogP contribution in [0.1, 0.15) is 40.0 Å². The number of halogens is 1. The molecule has 1 aliphatic rings. The number of rotatable bonds is 8. The van der Waals surface area contributed by atoms with Crippen molar-refractivity contribution in [3.05, 3.63) is 136 Å². The molecular formula is C34H33ClN2O6S. The van der Waals surface area contributed by atoms with E-state index in [1.807, 2.05) is 61.2 Å². The number of carbonyl (C=O) groups is 2. The van der Waals surface area contributed by atoms with Crippen molar-refractivity contribution < 1.29 is 27.5 Å². The highest BCUT2D eigenvalue weighted by Crippen LogP contribution is 2.56. The molecule has 0 N–H and O–H groups in total. The minimum Gasteiger partial charge on any atom is -0.467 e. The summed E-state index contributed by atoms with van der Waals surface area (Å²) in [6, 6.07) is 28.5. The van der Waals surface area contributed by atoms with Crippen molar-refractivity contribution in [3.8, 4) is 0 Å². The lowest BCUT2D eigenvalue weighted by Crippen LogP contribution is -2.62. The van der Waals surface area contributed by atoms with Gasteiger partial charge < -0.3 is 9.47 Å². The number of methoxy groups -OCH3 is 2. The highest BCUT2D eigenvalue weighted by atomic mass is 35.5. The van der Waals surface area contributed by atoms with Crippen LogP contribution in [0, 0.1) is 13.8 Å². The first-order valence-electron chi connectivity index (χ1n) is 14.0. The molecule has 1 saturated heterocycles. The van der Waals surface area contributed by atoms with Gasteiger partial charge in [-0.1, -0.05) is 102 Å². The molecule has 8 nitrogen and oxygen atoms in total. The summed E-state index contributed by atoms with van der Waals surface area (Å²) in [6.45, 7) is 3.92. The van der Waals surface area contributed by atoms with Gasteiger partial charge in [0.25, 0.3) is 5.54 Å². The molecule has 0 spiro atoms. The molecule has 4 aromatic rings. The number of ether oxygens (including phenoxy) is 2. The SMILES string of the molecule is COC(=O)C1(C(=O)OC)[C@@H](c2cccc(Cl)c2)N(Cc2ccccc2)[C@H](c2ccc(C)cc2)N1S(=O)(=O)c1ccc(C)cc1. The zero-order valence-corrected chi connectivity index (χ0v) is 26.4. The average Bonchev–Trinajstić information content (AvgIpc) is 3.33. The Bertz CT molecular complexity index is 1750. The van der Waals surface area contributed by atoms with Gasteiger partial charge in [-0.25, -0.2) is 18.0 Å². The normalized spacial score (nSPS) is 18.6. The van der Waals surface area contributed by atoms with Crippen molar-refractivity contribution in [1.29, 1.82) is 0 Å². The van der Waals surface area contributed by atoms with Crippen LogP contribution in [-0.4, -0.2) is 49.3 Å². The first kappa shape index (κ1) is 31.4. The van der Waals surface area contributed by atoms with Gasteiger partial charge in [0.2, 0.25) is 10.0 Å². The van der Waals surface area contributed by atoms with E-state index in [-0.39, 0.29) is 11.4 Å². The maximum atomic E-state index is 15.0. The van der Waals surface area contributed by atoms with Crippen molar-refractivity contribution in [2.24, 2.45) is 0 Å². The van der Waals surface area contributed by atoms with E-state index in [1.54, 1.807) is 48.5 Å². The monoisotopic (exact) mass is 632 g/mol. The lowest BCUT2D eigenvalue weighted by Gasteiger charge is -2.36. The molecule has 44 heavy (non-hydrogen) atoms. The standard InChI is InChI=1S/C34H33ClN2O6S/c1-23-13-17-26(18-14-23)31-36(22-25-9-6-5-7-10-25)30(27-11-8-12-28(35)21-27)34(32(38)42-3,33(39)43-4)37(31)44(40,41)29-19-15-24(2)16-20-29/h5-21,30-31H,22H2,1-4H3/t30-,31+/m1/s1. The molecule has 1 aliphatic heterocycles. The van der Waals surface area contributed by atoms with E-state index < -0.39 is 39.7 Å². The van der Waals surface area contributed by atoms with Crippen LogP contribution in [-0.2, 0) is 35.6 Å². The number of hydrogen-bond donors (Lipinski definition) is 0. The summed E-state index contributed by atoms with van der Waals surface area (Å²) in [6.07, 6.45) is -1.15. The lowest BCUT2D eigenvalue weighted by atomic mass is 9.85.